The Hall–Kier alpha value is -6.26. The van der Waals surface area contributed by atoms with Gasteiger partial charge in [-0.25, -0.2) is 9.97 Å². The molecule has 3 aromatic heterocycles. The van der Waals surface area contributed by atoms with Crippen LogP contribution < -0.4 is 0 Å². The van der Waals surface area contributed by atoms with Gasteiger partial charge in [-0.3, -0.25) is 4.57 Å². The lowest BCUT2D eigenvalue weighted by molar-refractivity contribution is 0.673. The standard InChI is InChI=1S/C42H23N3O/c1-2-12-24(13-3-1)39-29-16-6-8-21-32(29)43-42(44-39)45-33-22-11-19-28-26-15-5-4-14-25(26)27-18-10-20-31-35(27)38(36(28)33)40(45)37-30-17-7-9-23-34(30)46-41(31)37/h1-23H. The summed E-state index contributed by atoms with van der Waals surface area (Å²) in [5.41, 5.74) is 11.7. The van der Waals surface area contributed by atoms with E-state index in [2.05, 4.69) is 132 Å². The summed E-state index contributed by atoms with van der Waals surface area (Å²) in [6, 6.07) is 49.1. The van der Waals surface area contributed by atoms with Crippen molar-refractivity contribution >= 4 is 65.4 Å². The van der Waals surface area contributed by atoms with E-state index in [1.54, 1.807) is 0 Å². The molecule has 0 N–H and O–H groups in total. The maximum absolute atomic E-state index is 6.77. The zero-order chi connectivity index (χ0) is 29.9. The SMILES string of the molecule is c1ccc(-c2nc(-n3c4cccc5c4c4c6c(cccc6c6oc7ccccc7c6c43)-c3ccccc3-5)nc3ccccc23)cc1. The molecule has 46 heavy (non-hydrogen) atoms. The molecule has 0 bridgehead atoms. The van der Waals surface area contributed by atoms with Crippen LogP contribution in [0.5, 0.6) is 0 Å². The number of aromatic nitrogens is 3. The summed E-state index contributed by atoms with van der Waals surface area (Å²) >= 11 is 0. The van der Waals surface area contributed by atoms with Gasteiger partial charge in [0.2, 0.25) is 5.95 Å². The predicted octanol–water partition coefficient (Wildman–Crippen LogP) is 11.1. The number of hydrogen-bond acceptors (Lipinski definition) is 3. The van der Waals surface area contributed by atoms with Gasteiger partial charge in [-0.05, 0) is 40.5 Å². The zero-order valence-electron chi connectivity index (χ0n) is 24.5. The molecule has 212 valence electrons. The average molecular weight is 586 g/mol. The molecule has 0 unspecified atom stereocenters. The summed E-state index contributed by atoms with van der Waals surface area (Å²) in [6.45, 7) is 0. The molecular weight excluding hydrogens is 562 g/mol. The van der Waals surface area contributed by atoms with Crippen molar-refractivity contribution in [2.45, 2.75) is 0 Å². The van der Waals surface area contributed by atoms with Crippen LogP contribution >= 0.6 is 0 Å². The molecule has 0 saturated heterocycles. The van der Waals surface area contributed by atoms with E-state index in [9.17, 15) is 0 Å². The van der Waals surface area contributed by atoms with Crippen LogP contribution in [-0.2, 0) is 0 Å². The minimum Gasteiger partial charge on any atom is -0.455 e. The number of fused-ring (bicyclic) bond motifs is 9. The highest BCUT2D eigenvalue weighted by Gasteiger charge is 2.29. The molecule has 0 spiro atoms. The Labute approximate surface area is 262 Å². The summed E-state index contributed by atoms with van der Waals surface area (Å²) in [5.74, 6) is 0.645. The first-order valence-electron chi connectivity index (χ1n) is 15.6. The molecule has 7 aromatic carbocycles. The lowest BCUT2D eigenvalue weighted by atomic mass is 9.93. The van der Waals surface area contributed by atoms with Crippen LogP contribution in [0.1, 0.15) is 0 Å². The largest absolute Gasteiger partial charge is 0.455 e. The molecule has 3 heterocycles. The summed E-state index contributed by atoms with van der Waals surface area (Å²) in [7, 11) is 0. The molecule has 1 aliphatic rings. The van der Waals surface area contributed by atoms with Gasteiger partial charge in [0.1, 0.15) is 11.2 Å². The molecular formula is C42H23N3O. The maximum atomic E-state index is 6.77. The third-order valence-electron chi connectivity index (χ3n) is 9.73. The molecule has 10 aromatic rings. The summed E-state index contributed by atoms with van der Waals surface area (Å²) in [6.07, 6.45) is 0. The molecule has 11 rings (SSSR count). The maximum Gasteiger partial charge on any atom is 0.235 e. The van der Waals surface area contributed by atoms with Crippen LogP contribution in [-0.4, -0.2) is 14.5 Å². The van der Waals surface area contributed by atoms with Crippen molar-refractivity contribution in [2.24, 2.45) is 0 Å². The van der Waals surface area contributed by atoms with E-state index < -0.39 is 0 Å². The molecule has 0 saturated carbocycles. The summed E-state index contributed by atoms with van der Waals surface area (Å²) in [5, 5.41) is 7.94. The van der Waals surface area contributed by atoms with Crippen LogP contribution in [0.15, 0.2) is 144 Å². The Morgan fingerprint density at radius 1 is 0.457 bits per heavy atom. The second-order valence-electron chi connectivity index (χ2n) is 12.1. The topological polar surface area (TPSA) is 43.9 Å². The highest BCUT2D eigenvalue weighted by molar-refractivity contribution is 6.39. The zero-order valence-corrected chi connectivity index (χ0v) is 24.5. The average Bonchev–Trinajstić information content (AvgIpc) is 3.64. The molecule has 1 aliphatic carbocycles. The minimum absolute atomic E-state index is 0.645. The van der Waals surface area contributed by atoms with Crippen molar-refractivity contribution in [1.29, 1.82) is 0 Å². The fourth-order valence-electron chi connectivity index (χ4n) is 7.89. The lowest BCUT2D eigenvalue weighted by Crippen LogP contribution is -2.04. The van der Waals surface area contributed by atoms with Crippen molar-refractivity contribution < 1.29 is 4.42 Å². The highest BCUT2D eigenvalue weighted by Crippen LogP contribution is 2.53. The first kappa shape index (κ1) is 24.1. The first-order valence-corrected chi connectivity index (χ1v) is 15.6. The Morgan fingerprint density at radius 3 is 1.96 bits per heavy atom. The molecule has 4 nitrogen and oxygen atoms in total. The summed E-state index contributed by atoms with van der Waals surface area (Å²) in [4.78, 5) is 10.7. The van der Waals surface area contributed by atoms with E-state index in [0.29, 0.717) is 5.95 Å². The van der Waals surface area contributed by atoms with Crippen LogP contribution in [0, 0.1) is 0 Å². The smallest absolute Gasteiger partial charge is 0.235 e. The van der Waals surface area contributed by atoms with Gasteiger partial charge in [-0.15, -0.1) is 0 Å². The molecule has 0 amide bonds. The Bertz CT molecular complexity index is 2910. The minimum atomic E-state index is 0.645. The quantitative estimate of drug-likeness (QED) is 0.203. The van der Waals surface area contributed by atoms with Gasteiger partial charge < -0.3 is 4.42 Å². The van der Waals surface area contributed by atoms with Gasteiger partial charge in [0, 0.05) is 37.9 Å². The second kappa shape index (κ2) is 8.68. The van der Waals surface area contributed by atoms with Gasteiger partial charge >= 0.3 is 0 Å². The van der Waals surface area contributed by atoms with Crippen molar-refractivity contribution in [3.63, 3.8) is 0 Å². The molecule has 0 radical (unpaired) electrons. The van der Waals surface area contributed by atoms with E-state index in [0.717, 1.165) is 60.5 Å². The van der Waals surface area contributed by atoms with Crippen molar-refractivity contribution in [3.8, 4) is 39.5 Å². The van der Waals surface area contributed by atoms with Gasteiger partial charge in [0.25, 0.3) is 0 Å². The van der Waals surface area contributed by atoms with Gasteiger partial charge in [0.15, 0.2) is 0 Å². The van der Waals surface area contributed by atoms with Crippen molar-refractivity contribution in [3.05, 3.63) is 140 Å². The molecule has 4 heteroatoms. The van der Waals surface area contributed by atoms with E-state index in [4.69, 9.17) is 14.4 Å². The number of furan rings is 1. The number of nitrogens with zero attached hydrogens (tertiary/aromatic N) is 3. The van der Waals surface area contributed by atoms with Gasteiger partial charge in [-0.1, -0.05) is 121 Å². The van der Waals surface area contributed by atoms with E-state index in [1.165, 1.54) is 38.4 Å². The first-order chi connectivity index (χ1) is 22.8. The normalized spacial score (nSPS) is 12.3. The third-order valence-corrected chi connectivity index (χ3v) is 9.73. The number of benzene rings is 7. The van der Waals surface area contributed by atoms with Gasteiger partial charge in [-0.2, -0.15) is 0 Å². The van der Waals surface area contributed by atoms with Crippen molar-refractivity contribution in [2.75, 3.05) is 0 Å². The fraction of sp³-hybridized carbons (Fsp3) is 0. The number of hydrogen-bond donors (Lipinski definition) is 0. The van der Waals surface area contributed by atoms with E-state index in [1.807, 2.05) is 12.1 Å². The van der Waals surface area contributed by atoms with Gasteiger partial charge in [0.05, 0.1) is 27.6 Å². The lowest BCUT2D eigenvalue weighted by Gasteiger charge is -2.15. The van der Waals surface area contributed by atoms with E-state index in [-0.39, 0.29) is 0 Å². The van der Waals surface area contributed by atoms with Crippen LogP contribution in [0.25, 0.3) is 105 Å². The van der Waals surface area contributed by atoms with Crippen molar-refractivity contribution in [1.82, 2.24) is 14.5 Å². The number of rotatable bonds is 2. The van der Waals surface area contributed by atoms with Crippen LogP contribution in [0.2, 0.25) is 0 Å². The Kier molecular flexibility index (Phi) is 4.55. The Morgan fingerprint density at radius 2 is 1.11 bits per heavy atom. The molecule has 0 aliphatic heterocycles. The molecule has 0 atom stereocenters. The highest BCUT2D eigenvalue weighted by atomic mass is 16.3. The monoisotopic (exact) mass is 585 g/mol. The predicted molar refractivity (Wildman–Crippen MR) is 189 cm³/mol. The van der Waals surface area contributed by atoms with E-state index >= 15 is 0 Å². The fourth-order valence-corrected chi connectivity index (χ4v) is 7.89. The van der Waals surface area contributed by atoms with Crippen LogP contribution in [0.3, 0.4) is 0 Å². The number of para-hydroxylation sites is 2. The second-order valence-corrected chi connectivity index (χ2v) is 12.1. The Balaban J connectivity index is 1.44. The third kappa shape index (κ3) is 2.98. The summed E-state index contributed by atoms with van der Waals surface area (Å²) < 4.78 is 9.07. The van der Waals surface area contributed by atoms with Crippen LogP contribution in [0.4, 0.5) is 0 Å². The molecule has 0 fully saturated rings.